The number of sulfonamides is 1. The second-order valence-electron chi connectivity index (χ2n) is 6.65. The zero-order valence-electron chi connectivity index (χ0n) is 14.9. The average Bonchev–Trinajstić information content (AvgIpc) is 2.62. The van der Waals surface area contributed by atoms with Crippen LogP contribution in [0.1, 0.15) is 31.2 Å². The molecule has 0 aliphatic carbocycles. The van der Waals surface area contributed by atoms with Gasteiger partial charge in [0.1, 0.15) is 11.4 Å². The minimum atomic E-state index is -3.69. The standard InChI is InChI=1S/C17H24FN3O4S/c1-17(19-2,16(23)20-12-22)11-26(24,25)21-9-7-14(8-10-21)13-3-5-15(18)6-4-13/h3-6,12,14,19H,7-11H2,1-2H3,(H,20,22,23)/t17-/m1/s1. The lowest BCUT2D eigenvalue weighted by molar-refractivity contribution is -0.129. The second-order valence-corrected chi connectivity index (χ2v) is 8.62. The van der Waals surface area contributed by atoms with Crippen LogP contribution in [0.25, 0.3) is 0 Å². The first-order valence-corrected chi connectivity index (χ1v) is 9.99. The Bertz CT molecular complexity index is 746. The highest BCUT2D eigenvalue weighted by atomic mass is 32.2. The van der Waals surface area contributed by atoms with Gasteiger partial charge >= 0.3 is 0 Å². The van der Waals surface area contributed by atoms with E-state index in [1.165, 1.54) is 30.4 Å². The van der Waals surface area contributed by atoms with Crippen molar-refractivity contribution in [1.82, 2.24) is 14.9 Å². The summed E-state index contributed by atoms with van der Waals surface area (Å²) in [5, 5.41) is 4.69. The number of nitrogens with one attached hydrogen (secondary N) is 2. The van der Waals surface area contributed by atoms with E-state index < -0.39 is 27.2 Å². The van der Waals surface area contributed by atoms with Crippen LogP contribution in [0.15, 0.2) is 24.3 Å². The second kappa shape index (κ2) is 8.24. The van der Waals surface area contributed by atoms with Crippen LogP contribution in [0.4, 0.5) is 4.39 Å². The molecule has 26 heavy (non-hydrogen) atoms. The number of benzene rings is 1. The third kappa shape index (κ3) is 4.66. The molecular formula is C17H24FN3O4S. The maximum atomic E-state index is 13.0. The lowest BCUT2D eigenvalue weighted by Crippen LogP contribution is -2.59. The summed E-state index contributed by atoms with van der Waals surface area (Å²) in [5.41, 5.74) is -0.415. The van der Waals surface area contributed by atoms with E-state index in [9.17, 15) is 22.4 Å². The molecule has 0 aromatic heterocycles. The van der Waals surface area contributed by atoms with Crippen LogP contribution in [-0.4, -0.2) is 56.5 Å². The van der Waals surface area contributed by atoms with Gasteiger partial charge in [-0.25, -0.2) is 17.1 Å². The predicted octanol–water partition coefficient (Wildman–Crippen LogP) is 0.586. The molecule has 1 aliphatic rings. The first-order valence-electron chi connectivity index (χ1n) is 8.38. The number of hydrogen-bond acceptors (Lipinski definition) is 5. The fourth-order valence-electron chi connectivity index (χ4n) is 3.12. The summed E-state index contributed by atoms with van der Waals surface area (Å²) in [5.74, 6) is -1.26. The normalized spacial score (nSPS) is 18.9. The summed E-state index contributed by atoms with van der Waals surface area (Å²) < 4.78 is 39.9. The first-order chi connectivity index (χ1) is 12.2. The van der Waals surface area contributed by atoms with Crippen molar-refractivity contribution in [3.63, 3.8) is 0 Å². The summed E-state index contributed by atoms with van der Waals surface area (Å²) >= 11 is 0. The minimum Gasteiger partial charge on any atom is -0.306 e. The Morgan fingerprint density at radius 2 is 1.88 bits per heavy atom. The molecule has 144 valence electrons. The van der Waals surface area contributed by atoms with Gasteiger partial charge in [0, 0.05) is 13.1 Å². The summed E-state index contributed by atoms with van der Waals surface area (Å²) in [7, 11) is -2.22. The zero-order valence-corrected chi connectivity index (χ0v) is 15.7. The summed E-state index contributed by atoms with van der Waals surface area (Å²) in [6.07, 6.45) is 1.49. The SMILES string of the molecule is CN[C@](C)(CS(=O)(=O)N1CCC(c2ccc(F)cc2)CC1)C(=O)NC=O. The average molecular weight is 385 g/mol. The van der Waals surface area contributed by atoms with E-state index in [1.54, 1.807) is 12.1 Å². The lowest BCUT2D eigenvalue weighted by atomic mass is 9.90. The highest BCUT2D eigenvalue weighted by Crippen LogP contribution is 2.29. The molecule has 1 aromatic carbocycles. The minimum absolute atomic E-state index is 0.177. The topological polar surface area (TPSA) is 95.6 Å². The van der Waals surface area contributed by atoms with Crippen LogP contribution >= 0.6 is 0 Å². The van der Waals surface area contributed by atoms with Crippen LogP contribution in [0.5, 0.6) is 0 Å². The Labute approximate surface area is 153 Å². The molecule has 1 aromatic rings. The van der Waals surface area contributed by atoms with E-state index in [4.69, 9.17) is 0 Å². The lowest BCUT2D eigenvalue weighted by Gasteiger charge is -2.34. The van der Waals surface area contributed by atoms with Crippen molar-refractivity contribution in [3.8, 4) is 0 Å². The molecule has 1 saturated heterocycles. The van der Waals surface area contributed by atoms with Crippen LogP contribution in [0.2, 0.25) is 0 Å². The van der Waals surface area contributed by atoms with E-state index >= 15 is 0 Å². The number of carbonyl (C=O) groups is 2. The monoisotopic (exact) mass is 385 g/mol. The van der Waals surface area contributed by atoms with Gasteiger partial charge in [0.2, 0.25) is 22.3 Å². The summed E-state index contributed by atoms with van der Waals surface area (Å²) in [6.45, 7) is 2.10. The Hall–Kier alpha value is -1.84. The summed E-state index contributed by atoms with van der Waals surface area (Å²) in [6, 6.07) is 6.27. The number of hydrogen-bond donors (Lipinski definition) is 2. The van der Waals surface area contributed by atoms with E-state index in [0.29, 0.717) is 25.9 Å². The maximum absolute atomic E-state index is 13.0. The zero-order chi connectivity index (χ0) is 19.4. The van der Waals surface area contributed by atoms with Gasteiger partial charge in [-0.2, -0.15) is 0 Å². The van der Waals surface area contributed by atoms with Crippen molar-refractivity contribution in [3.05, 3.63) is 35.6 Å². The van der Waals surface area contributed by atoms with E-state index in [1.807, 2.05) is 5.32 Å². The van der Waals surface area contributed by atoms with Gasteiger partial charge < -0.3 is 5.32 Å². The van der Waals surface area contributed by atoms with Crippen molar-refractivity contribution in [2.45, 2.75) is 31.2 Å². The van der Waals surface area contributed by atoms with Crippen LogP contribution in [0.3, 0.4) is 0 Å². The molecular weight excluding hydrogens is 361 g/mol. The molecule has 0 radical (unpaired) electrons. The fourth-order valence-corrected chi connectivity index (χ4v) is 5.08. The van der Waals surface area contributed by atoms with Crippen molar-refractivity contribution < 1.29 is 22.4 Å². The van der Waals surface area contributed by atoms with Crippen LogP contribution < -0.4 is 10.6 Å². The molecule has 0 spiro atoms. The molecule has 0 saturated carbocycles. The third-order valence-electron chi connectivity index (χ3n) is 4.90. The molecule has 1 aliphatic heterocycles. The molecule has 0 bridgehead atoms. The van der Waals surface area contributed by atoms with E-state index in [2.05, 4.69) is 5.32 Å². The highest BCUT2D eigenvalue weighted by Gasteiger charge is 2.40. The van der Waals surface area contributed by atoms with Gasteiger partial charge in [0.25, 0.3) is 0 Å². The van der Waals surface area contributed by atoms with E-state index in [0.717, 1.165) is 5.56 Å². The molecule has 1 atom stereocenters. The number of rotatable bonds is 7. The maximum Gasteiger partial charge on any atom is 0.247 e. The Kier molecular flexibility index (Phi) is 6.48. The molecule has 1 heterocycles. The Morgan fingerprint density at radius 1 is 1.31 bits per heavy atom. The van der Waals surface area contributed by atoms with Crippen LogP contribution in [0, 0.1) is 5.82 Å². The number of amides is 2. The molecule has 1 fully saturated rings. The Morgan fingerprint density at radius 3 is 2.38 bits per heavy atom. The number of imide groups is 1. The molecule has 7 nitrogen and oxygen atoms in total. The predicted molar refractivity (Wildman–Crippen MR) is 95.4 cm³/mol. The first kappa shape index (κ1) is 20.5. The largest absolute Gasteiger partial charge is 0.306 e. The van der Waals surface area contributed by atoms with Gasteiger partial charge in [-0.3, -0.25) is 14.9 Å². The number of carbonyl (C=O) groups excluding carboxylic acids is 2. The van der Waals surface area contributed by atoms with Crippen LogP contribution in [-0.2, 0) is 19.6 Å². The fraction of sp³-hybridized carbons (Fsp3) is 0.529. The van der Waals surface area contributed by atoms with E-state index in [-0.39, 0.29) is 18.1 Å². The molecule has 2 N–H and O–H groups in total. The molecule has 0 unspecified atom stereocenters. The highest BCUT2D eigenvalue weighted by molar-refractivity contribution is 7.89. The van der Waals surface area contributed by atoms with Gasteiger partial charge in [0.15, 0.2) is 0 Å². The molecule has 9 heteroatoms. The quantitative estimate of drug-likeness (QED) is 0.670. The van der Waals surface area contributed by atoms with Gasteiger partial charge in [0.05, 0.1) is 5.75 Å². The number of piperidine rings is 1. The number of halogens is 1. The van der Waals surface area contributed by atoms with Crippen molar-refractivity contribution >= 4 is 22.3 Å². The van der Waals surface area contributed by atoms with Gasteiger partial charge in [-0.1, -0.05) is 12.1 Å². The number of likely N-dealkylation sites (N-methyl/N-ethyl adjacent to an activating group) is 1. The molecule has 2 rings (SSSR count). The van der Waals surface area contributed by atoms with Crippen molar-refractivity contribution in [2.75, 3.05) is 25.9 Å². The smallest absolute Gasteiger partial charge is 0.247 e. The third-order valence-corrected chi connectivity index (χ3v) is 7.00. The Balaban J connectivity index is 2.03. The van der Waals surface area contributed by atoms with Crippen molar-refractivity contribution in [1.29, 1.82) is 0 Å². The van der Waals surface area contributed by atoms with Gasteiger partial charge in [-0.05, 0) is 50.4 Å². The number of nitrogens with zero attached hydrogens (tertiary/aromatic N) is 1. The molecule has 2 amide bonds. The van der Waals surface area contributed by atoms with Gasteiger partial charge in [-0.15, -0.1) is 0 Å². The van der Waals surface area contributed by atoms with Crippen molar-refractivity contribution in [2.24, 2.45) is 0 Å². The summed E-state index contributed by atoms with van der Waals surface area (Å²) in [4.78, 5) is 22.5.